The second-order valence-corrected chi connectivity index (χ2v) is 5.92. The first-order valence-electron chi connectivity index (χ1n) is 4.48. The molecule has 5 heteroatoms. The van der Waals surface area contributed by atoms with Crippen LogP contribution >= 0.6 is 0 Å². The number of rotatable bonds is 2. The topological polar surface area (TPSA) is 77.2 Å². The van der Waals surface area contributed by atoms with Crippen molar-refractivity contribution in [2.24, 2.45) is 11.7 Å². The van der Waals surface area contributed by atoms with E-state index in [4.69, 9.17) is 5.73 Å². The van der Waals surface area contributed by atoms with Crippen molar-refractivity contribution in [1.82, 2.24) is 0 Å². The molecule has 2 N–H and O–H groups in total. The number of amides is 1. The summed E-state index contributed by atoms with van der Waals surface area (Å²) in [6.45, 7) is 1.82. The molecule has 2 unspecified atom stereocenters. The van der Waals surface area contributed by atoms with E-state index in [1.54, 1.807) is 0 Å². The first-order valence-corrected chi connectivity index (χ1v) is 6.19. The molecule has 0 aromatic rings. The molecule has 76 valence electrons. The maximum Gasteiger partial charge on any atom is 0.220 e. The summed E-state index contributed by atoms with van der Waals surface area (Å²) in [6.07, 6.45) is 1.38. The molecule has 1 aliphatic rings. The highest BCUT2D eigenvalue weighted by Gasteiger charge is 2.34. The zero-order chi connectivity index (χ0) is 10.1. The Kier molecular flexibility index (Phi) is 2.95. The van der Waals surface area contributed by atoms with Crippen LogP contribution in [0.25, 0.3) is 0 Å². The van der Waals surface area contributed by atoms with Crippen molar-refractivity contribution in [3.8, 4) is 0 Å². The van der Waals surface area contributed by atoms with Crippen molar-refractivity contribution in [2.45, 2.75) is 31.4 Å². The maximum absolute atomic E-state index is 11.4. The fraction of sp³-hybridized carbons (Fsp3) is 0.875. The first kappa shape index (κ1) is 10.5. The molecule has 2 atom stereocenters. The molecule has 1 heterocycles. The molecule has 4 nitrogen and oxygen atoms in total. The van der Waals surface area contributed by atoms with E-state index < -0.39 is 9.84 Å². The fourth-order valence-electron chi connectivity index (χ4n) is 1.73. The summed E-state index contributed by atoms with van der Waals surface area (Å²) >= 11 is 0. The average Bonchev–Trinajstić information content (AvgIpc) is 2.03. The largest absolute Gasteiger partial charge is 0.369 e. The van der Waals surface area contributed by atoms with Gasteiger partial charge in [0.1, 0.15) is 0 Å². The molecule has 0 aromatic carbocycles. The van der Waals surface area contributed by atoms with Crippen LogP contribution in [-0.2, 0) is 14.6 Å². The number of carbonyl (C=O) groups excluding carboxylic acids is 1. The Labute approximate surface area is 78.4 Å². The Hall–Kier alpha value is -0.580. The van der Waals surface area contributed by atoms with E-state index >= 15 is 0 Å². The second kappa shape index (κ2) is 3.65. The standard InChI is InChI=1S/C8H15NO3S/c1-2-7-5-6(8(9)10)3-4-13(7,11)12/h6-7H,2-5H2,1H3,(H2,9,10). The number of carbonyl (C=O) groups is 1. The molecule has 0 saturated carbocycles. The van der Waals surface area contributed by atoms with Crippen LogP contribution in [0.1, 0.15) is 26.2 Å². The van der Waals surface area contributed by atoms with Crippen molar-refractivity contribution < 1.29 is 13.2 Å². The summed E-state index contributed by atoms with van der Waals surface area (Å²) in [5.74, 6) is -0.499. The Morgan fingerprint density at radius 3 is 2.62 bits per heavy atom. The third kappa shape index (κ3) is 2.21. The normalized spacial score (nSPS) is 32.7. The van der Waals surface area contributed by atoms with Gasteiger partial charge in [-0.2, -0.15) is 0 Å². The quantitative estimate of drug-likeness (QED) is 0.693. The van der Waals surface area contributed by atoms with Crippen LogP contribution in [0.15, 0.2) is 0 Å². The molecular weight excluding hydrogens is 190 g/mol. The molecule has 1 fully saturated rings. The molecule has 0 radical (unpaired) electrons. The summed E-state index contributed by atoms with van der Waals surface area (Å²) in [7, 11) is -2.95. The maximum atomic E-state index is 11.4. The lowest BCUT2D eigenvalue weighted by Crippen LogP contribution is -2.38. The SMILES string of the molecule is CCC1CC(C(N)=O)CCS1(=O)=O. The summed E-state index contributed by atoms with van der Waals surface area (Å²) in [5, 5.41) is -0.362. The smallest absolute Gasteiger partial charge is 0.220 e. The summed E-state index contributed by atoms with van der Waals surface area (Å²) in [6, 6.07) is 0. The second-order valence-electron chi connectivity index (χ2n) is 3.52. The van der Waals surface area contributed by atoms with Gasteiger partial charge in [-0.3, -0.25) is 4.79 Å². The minimum atomic E-state index is -2.95. The Bertz CT molecular complexity index is 297. The van der Waals surface area contributed by atoms with Crippen molar-refractivity contribution in [2.75, 3.05) is 5.75 Å². The minimum Gasteiger partial charge on any atom is -0.369 e. The molecule has 0 bridgehead atoms. The average molecular weight is 205 g/mol. The summed E-state index contributed by atoms with van der Waals surface area (Å²) in [5.41, 5.74) is 5.14. The lowest BCUT2D eigenvalue weighted by Gasteiger charge is -2.26. The number of sulfone groups is 1. The van der Waals surface area contributed by atoms with Gasteiger partial charge in [0, 0.05) is 5.92 Å². The summed E-state index contributed by atoms with van der Waals surface area (Å²) in [4.78, 5) is 10.9. The molecule has 0 aromatic heterocycles. The predicted octanol–water partition coefficient (Wildman–Crippen LogP) is 0.0751. The van der Waals surface area contributed by atoms with Gasteiger partial charge in [0.25, 0.3) is 0 Å². The highest BCUT2D eigenvalue weighted by Crippen LogP contribution is 2.26. The van der Waals surface area contributed by atoms with Gasteiger partial charge in [0.05, 0.1) is 11.0 Å². The third-order valence-corrected chi connectivity index (χ3v) is 5.01. The highest BCUT2D eigenvalue weighted by atomic mass is 32.2. The number of nitrogens with two attached hydrogens (primary N) is 1. The molecule has 0 aliphatic carbocycles. The van der Waals surface area contributed by atoms with Crippen LogP contribution in [0, 0.1) is 5.92 Å². The van der Waals surface area contributed by atoms with Gasteiger partial charge >= 0.3 is 0 Å². The van der Waals surface area contributed by atoms with Gasteiger partial charge in [0.2, 0.25) is 5.91 Å². The van der Waals surface area contributed by atoms with Crippen LogP contribution in [0.3, 0.4) is 0 Å². The van der Waals surface area contributed by atoms with E-state index in [0.29, 0.717) is 19.3 Å². The Morgan fingerprint density at radius 1 is 1.54 bits per heavy atom. The first-order chi connectivity index (χ1) is 5.97. The van der Waals surface area contributed by atoms with Crippen LogP contribution in [0.5, 0.6) is 0 Å². The van der Waals surface area contributed by atoms with Crippen LogP contribution < -0.4 is 5.73 Å². The van der Waals surface area contributed by atoms with Crippen molar-refractivity contribution in [3.05, 3.63) is 0 Å². The van der Waals surface area contributed by atoms with Crippen LogP contribution in [0.2, 0.25) is 0 Å². The van der Waals surface area contributed by atoms with Crippen molar-refractivity contribution in [3.63, 3.8) is 0 Å². The van der Waals surface area contributed by atoms with E-state index in [0.717, 1.165) is 0 Å². The van der Waals surface area contributed by atoms with Crippen molar-refractivity contribution in [1.29, 1.82) is 0 Å². The lowest BCUT2D eigenvalue weighted by atomic mass is 9.98. The molecular formula is C8H15NO3S. The monoisotopic (exact) mass is 205 g/mol. The van der Waals surface area contributed by atoms with E-state index in [-0.39, 0.29) is 22.8 Å². The molecule has 1 amide bonds. The van der Waals surface area contributed by atoms with Crippen molar-refractivity contribution >= 4 is 15.7 Å². The molecule has 13 heavy (non-hydrogen) atoms. The predicted molar refractivity (Wildman–Crippen MR) is 49.8 cm³/mol. The molecule has 1 saturated heterocycles. The Morgan fingerprint density at radius 2 is 2.15 bits per heavy atom. The Balaban J connectivity index is 2.75. The molecule has 1 aliphatic heterocycles. The van der Waals surface area contributed by atoms with Crippen LogP contribution in [-0.4, -0.2) is 25.3 Å². The zero-order valence-corrected chi connectivity index (χ0v) is 8.51. The number of hydrogen-bond donors (Lipinski definition) is 1. The number of primary amides is 1. The van der Waals surface area contributed by atoms with E-state index in [1.165, 1.54) is 0 Å². The van der Waals surface area contributed by atoms with E-state index in [9.17, 15) is 13.2 Å². The van der Waals surface area contributed by atoms with Gasteiger partial charge < -0.3 is 5.73 Å². The zero-order valence-electron chi connectivity index (χ0n) is 7.69. The van der Waals surface area contributed by atoms with Gasteiger partial charge in [-0.15, -0.1) is 0 Å². The minimum absolute atomic E-state index is 0.110. The fourth-order valence-corrected chi connectivity index (χ4v) is 3.71. The molecule has 1 rings (SSSR count). The molecule has 0 spiro atoms. The van der Waals surface area contributed by atoms with Crippen LogP contribution in [0.4, 0.5) is 0 Å². The number of hydrogen-bond acceptors (Lipinski definition) is 3. The summed E-state index contributed by atoms with van der Waals surface area (Å²) < 4.78 is 22.9. The van der Waals surface area contributed by atoms with Gasteiger partial charge in [-0.25, -0.2) is 8.42 Å². The highest BCUT2D eigenvalue weighted by molar-refractivity contribution is 7.92. The third-order valence-electron chi connectivity index (χ3n) is 2.66. The lowest BCUT2D eigenvalue weighted by molar-refractivity contribution is -0.122. The van der Waals surface area contributed by atoms with Gasteiger partial charge in [0.15, 0.2) is 9.84 Å². The van der Waals surface area contributed by atoms with Gasteiger partial charge in [-0.05, 0) is 19.3 Å². The van der Waals surface area contributed by atoms with Gasteiger partial charge in [-0.1, -0.05) is 6.92 Å². The van der Waals surface area contributed by atoms with E-state index in [1.807, 2.05) is 6.92 Å². The van der Waals surface area contributed by atoms with E-state index in [2.05, 4.69) is 0 Å².